The standard InChI is InChI=1S/C10H16N2O4S/c1-10(2,3)16-8(13)6(12)5(11)7(17)9(14)15-4/h11-12H2,1-4H3. The summed E-state index contributed by atoms with van der Waals surface area (Å²) in [6, 6.07) is 0. The van der Waals surface area contributed by atoms with Gasteiger partial charge in [-0.1, -0.05) is 12.2 Å². The number of carbonyl (C=O) groups is 2. The van der Waals surface area contributed by atoms with Gasteiger partial charge in [-0.2, -0.15) is 0 Å². The van der Waals surface area contributed by atoms with E-state index in [0.29, 0.717) is 0 Å². The topological polar surface area (TPSA) is 105 Å². The Hall–Kier alpha value is -1.63. The van der Waals surface area contributed by atoms with Crippen molar-refractivity contribution >= 4 is 29.0 Å². The molecule has 0 aliphatic heterocycles. The van der Waals surface area contributed by atoms with Crippen molar-refractivity contribution in [1.82, 2.24) is 0 Å². The first-order valence-corrected chi connectivity index (χ1v) is 5.12. The maximum absolute atomic E-state index is 11.5. The van der Waals surface area contributed by atoms with Crippen LogP contribution in [0.1, 0.15) is 20.8 Å². The molecule has 17 heavy (non-hydrogen) atoms. The summed E-state index contributed by atoms with van der Waals surface area (Å²) >= 11 is 4.69. The van der Waals surface area contributed by atoms with Crippen molar-refractivity contribution in [1.29, 1.82) is 0 Å². The van der Waals surface area contributed by atoms with E-state index in [9.17, 15) is 9.59 Å². The minimum absolute atomic E-state index is 0.318. The number of nitrogens with two attached hydrogens (primary N) is 2. The Labute approximate surface area is 105 Å². The SMILES string of the molecule is COC(=O)C(=S)C(N)=C(N)C(=O)OC(C)(C)C. The summed E-state index contributed by atoms with van der Waals surface area (Å²) in [6.07, 6.45) is 0. The van der Waals surface area contributed by atoms with Crippen molar-refractivity contribution in [3.8, 4) is 0 Å². The number of ether oxygens (including phenoxy) is 2. The molecule has 0 aromatic carbocycles. The number of hydrogen-bond donors (Lipinski definition) is 2. The lowest BCUT2D eigenvalue weighted by atomic mass is 10.2. The van der Waals surface area contributed by atoms with E-state index < -0.39 is 23.2 Å². The average Bonchev–Trinajstić information content (AvgIpc) is 2.22. The summed E-state index contributed by atoms with van der Waals surface area (Å²) in [6.45, 7) is 5.02. The molecule has 0 fully saturated rings. The second-order valence-corrected chi connectivity index (χ2v) is 4.56. The maximum atomic E-state index is 11.5. The zero-order valence-electron chi connectivity index (χ0n) is 10.2. The zero-order valence-corrected chi connectivity index (χ0v) is 11.0. The van der Waals surface area contributed by atoms with E-state index in [-0.39, 0.29) is 10.6 Å². The van der Waals surface area contributed by atoms with E-state index in [1.165, 1.54) is 0 Å². The van der Waals surface area contributed by atoms with E-state index in [0.717, 1.165) is 7.11 Å². The van der Waals surface area contributed by atoms with Crippen LogP contribution in [0.4, 0.5) is 0 Å². The summed E-state index contributed by atoms with van der Waals surface area (Å²) in [4.78, 5) is 22.2. The van der Waals surface area contributed by atoms with Crippen molar-refractivity contribution in [3.05, 3.63) is 11.4 Å². The first kappa shape index (κ1) is 15.4. The van der Waals surface area contributed by atoms with Gasteiger partial charge in [0, 0.05) is 0 Å². The quantitative estimate of drug-likeness (QED) is 0.418. The highest BCUT2D eigenvalue weighted by Gasteiger charge is 2.23. The molecule has 0 bridgehead atoms. The van der Waals surface area contributed by atoms with Crippen molar-refractivity contribution in [2.75, 3.05) is 7.11 Å². The van der Waals surface area contributed by atoms with Crippen LogP contribution in [-0.2, 0) is 19.1 Å². The number of carbonyl (C=O) groups excluding carboxylic acids is 2. The fourth-order valence-electron chi connectivity index (χ4n) is 0.768. The van der Waals surface area contributed by atoms with E-state index in [4.69, 9.17) is 28.4 Å². The van der Waals surface area contributed by atoms with Crippen molar-refractivity contribution in [3.63, 3.8) is 0 Å². The van der Waals surface area contributed by atoms with Gasteiger partial charge in [-0.3, -0.25) is 0 Å². The fraction of sp³-hybridized carbons (Fsp3) is 0.500. The van der Waals surface area contributed by atoms with Gasteiger partial charge in [0.2, 0.25) is 0 Å². The Morgan fingerprint density at radius 1 is 1.06 bits per heavy atom. The monoisotopic (exact) mass is 260 g/mol. The van der Waals surface area contributed by atoms with E-state index >= 15 is 0 Å². The molecule has 7 heteroatoms. The Morgan fingerprint density at radius 3 is 1.88 bits per heavy atom. The molecule has 0 aromatic heterocycles. The van der Waals surface area contributed by atoms with E-state index in [1.807, 2.05) is 0 Å². The Morgan fingerprint density at radius 2 is 1.53 bits per heavy atom. The van der Waals surface area contributed by atoms with Crippen LogP contribution in [0.15, 0.2) is 11.4 Å². The van der Waals surface area contributed by atoms with E-state index in [1.54, 1.807) is 20.8 Å². The molecule has 0 aliphatic carbocycles. The first-order valence-electron chi connectivity index (χ1n) is 4.71. The van der Waals surface area contributed by atoms with Crippen LogP contribution in [0.2, 0.25) is 0 Å². The van der Waals surface area contributed by atoms with Crippen LogP contribution in [0, 0.1) is 0 Å². The molecule has 0 atom stereocenters. The van der Waals surface area contributed by atoms with Gasteiger partial charge in [0.1, 0.15) is 16.2 Å². The predicted molar refractivity (Wildman–Crippen MR) is 65.9 cm³/mol. The van der Waals surface area contributed by atoms with Crippen LogP contribution in [0.5, 0.6) is 0 Å². The molecule has 0 saturated heterocycles. The van der Waals surface area contributed by atoms with Crippen molar-refractivity contribution in [2.45, 2.75) is 26.4 Å². The van der Waals surface area contributed by atoms with Gasteiger partial charge < -0.3 is 20.9 Å². The fourth-order valence-corrected chi connectivity index (χ4v) is 0.961. The molecule has 0 radical (unpaired) electrons. The summed E-state index contributed by atoms with van der Waals surface area (Å²) < 4.78 is 9.33. The smallest absolute Gasteiger partial charge is 0.356 e. The molecule has 96 valence electrons. The summed E-state index contributed by atoms with van der Waals surface area (Å²) in [7, 11) is 1.14. The first-order chi connectivity index (χ1) is 7.60. The van der Waals surface area contributed by atoms with Crippen LogP contribution in [0.25, 0.3) is 0 Å². The average molecular weight is 260 g/mol. The van der Waals surface area contributed by atoms with Gasteiger partial charge in [0.25, 0.3) is 0 Å². The summed E-state index contributed by atoms with van der Waals surface area (Å²) in [5.74, 6) is -1.66. The summed E-state index contributed by atoms with van der Waals surface area (Å²) in [5.41, 5.74) is 9.48. The van der Waals surface area contributed by atoms with Gasteiger partial charge in [0.05, 0.1) is 12.8 Å². The van der Waals surface area contributed by atoms with Gasteiger partial charge >= 0.3 is 11.9 Å². The molecule has 0 spiro atoms. The summed E-state index contributed by atoms with van der Waals surface area (Å²) in [5, 5.41) is 0. The van der Waals surface area contributed by atoms with Crippen LogP contribution < -0.4 is 11.5 Å². The Bertz CT molecular complexity index is 382. The lowest BCUT2D eigenvalue weighted by molar-refractivity contribution is -0.150. The van der Waals surface area contributed by atoms with Crippen LogP contribution in [-0.4, -0.2) is 29.5 Å². The normalized spacial score (nSPS) is 12.5. The minimum Gasteiger partial charge on any atom is -0.465 e. The van der Waals surface area contributed by atoms with Crippen molar-refractivity contribution in [2.24, 2.45) is 11.5 Å². The number of thiocarbonyl (C=S) groups is 1. The van der Waals surface area contributed by atoms with Gasteiger partial charge in [-0.05, 0) is 20.8 Å². The Balaban J connectivity index is 4.99. The van der Waals surface area contributed by atoms with Crippen LogP contribution >= 0.6 is 12.2 Å². The second-order valence-electron chi connectivity index (χ2n) is 4.15. The van der Waals surface area contributed by atoms with Gasteiger partial charge in [0.15, 0.2) is 0 Å². The highest BCUT2D eigenvalue weighted by atomic mass is 32.1. The molecule has 0 heterocycles. The second kappa shape index (κ2) is 5.62. The molecule has 0 saturated carbocycles. The molecule has 0 aliphatic rings. The lowest BCUT2D eigenvalue weighted by Crippen LogP contribution is -2.32. The maximum Gasteiger partial charge on any atom is 0.356 e. The molecule has 0 amide bonds. The minimum atomic E-state index is -0.832. The van der Waals surface area contributed by atoms with E-state index in [2.05, 4.69) is 4.74 Å². The van der Waals surface area contributed by atoms with Crippen LogP contribution in [0.3, 0.4) is 0 Å². The molecule has 0 unspecified atom stereocenters. The molecular formula is C10H16N2O4S. The van der Waals surface area contributed by atoms with Gasteiger partial charge in [-0.15, -0.1) is 0 Å². The third kappa shape index (κ3) is 4.81. The highest BCUT2D eigenvalue weighted by Crippen LogP contribution is 2.10. The number of rotatable bonds is 3. The number of hydrogen-bond acceptors (Lipinski definition) is 7. The zero-order chi connectivity index (χ0) is 13.8. The number of methoxy groups -OCH3 is 1. The lowest BCUT2D eigenvalue weighted by Gasteiger charge is -2.20. The molecule has 4 N–H and O–H groups in total. The third-order valence-electron chi connectivity index (χ3n) is 1.52. The highest BCUT2D eigenvalue weighted by molar-refractivity contribution is 7.82. The molecule has 6 nitrogen and oxygen atoms in total. The largest absolute Gasteiger partial charge is 0.465 e. The Kier molecular flexibility index (Phi) is 5.09. The molecule has 0 rings (SSSR count). The molecule has 0 aromatic rings. The third-order valence-corrected chi connectivity index (χ3v) is 1.91. The van der Waals surface area contributed by atoms with Crippen molar-refractivity contribution < 1.29 is 19.1 Å². The van der Waals surface area contributed by atoms with Gasteiger partial charge in [-0.25, -0.2) is 9.59 Å². The number of esters is 2. The molecular weight excluding hydrogens is 244 g/mol. The predicted octanol–water partition coefficient (Wildman–Crippen LogP) is 0.000000000000000444.